The Morgan fingerprint density at radius 2 is 1.97 bits per heavy atom. The van der Waals surface area contributed by atoms with Crippen molar-refractivity contribution in [3.63, 3.8) is 0 Å². The monoisotopic (exact) mass is 492 g/mol. The number of hydrogen-bond acceptors (Lipinski definition) is 10. The molecular weight excluding hydrogens is 460 g/mol. The number of rotatable bonds is 3. The van der Waals surface area contributed by atoms with E-state index in [1.165, 1.54) is 13.0 Å². The first-order valence-corrected chi connectivity index (χ1v) is 11.9. The third-order valence-electron chi connectivity index (χ3n) is 9.58. The van der Waals surface area contributed by atoms with E-state index in [0.29, 0.717) is 5.57 Å². The molecule has 10 nitrogen and oxygen atoms in total. The minimum Gasteiger partial charge on any atom is -0.459 e. The van der Waals surface area contributed by atoms with Crippen LogP contribution in [-0.4, -0.2) is 80.6 Å². The molecule has 2 bridgehead atoms. The van der Waals surface area contributed by atoms with Crippen molar-refractivity contribution >= 4 is 17.7 Å². The lowest BCUT2D eigenvalue weighted by Gasteiger charge is -2.67. The van der Waals surface area contributed by atoms with E-state index in [0.717, 1.165) is 0 Å². The Morgan fingerprint density at radius 3 is 2.60 bits per heavy atom. The molecule has 5 rings (SSSR count). The van der Waals surface area contributed by atoms with E-state index in [1.807, 2.05) is 0 Å². The number of carbonyl (C=O) groups is 3. The molecule has 192 valence electrons. The molecule has 1 spiro atoms. The maximum absolute atomic E-state index is 13.2. The summed E-state index contributed by atoms with van der Waals surface area (Å²) >= 11 is 0. The Bertz CT molecular complexity index is 1060. The number of aliphatic hydroxyl groups is 4. The van der Waals surface area contributed by atoms with Crippen LogP contribution in [0.1, 0.15) is 40.5 Å². The van der Waals surface area contributed by atoms with Gasteiger partial charge in [0.2, 0.25) is 6.10 Å². The van der Waals surface area contributed by atoms with E-state index in [1.54, 1.807) is 20.8 Å². The molecule has 2 unspecified atom stereocenters. The summed E-state index contributed by atoms with van der Waals surface area (Å²) < 4.78 is 17.2. The van der Waals surface area contributed by atoms with Gasteiger partial charge < -0.3 is 34.6 Å². The predicted molar refractivity (Wildman–Crippen MR) is 117 cm³/mol. The van der Waals surface area contributed by atoms with Gasteiger partial charge in [-0.3, -0.25) is 4.79 Å². The largest absolute Gasteiger partial charge is 0.459 e. The lowest BCUT2D eigenvalue weighted by atomic mass is 9.38. The Balaban J connectivity index is 1.70. The molecule has 0 aromatic carbocycles. The van der Waals surface area contributed by atoms with Gasteiger partial charge in [-0.15, -0.1) is 0 Å². The Hall–Kier alpha value is -2.11. The molecule has 0 aromatic rings. The third-order valence-corrected chi connectivity index (χ3v) is 9.58. The second kappa shape index (κ2) is 7.23. The highest BCUT2D eigenvalue weighted by Gasteiger charge is 2.83. The van der Waals surface area contributed by atoms with Gasteiger partial charge in [-0.2, -0.15) is 0 Å². The molecule has 35 heavy (non-hydrogen) atoms. The Kier molecular flexibility index (Phi) is 5.07. The van der Waals surface area contributed by atoms with Crippen LogP contribution in [0.15, 0.2) is 23.8 Å². The van der Waals surface area contributed by atoms with E-state index in [9.17, 15) is 34.8 Å². The summed E-state index contributed by atoms with van der Waals surface area (Å²) in [6.07, 6.45) is -3.98. The molecule has 0 aromatic heterocycles. The van der Waals surface area contributed by atoms with Crippen molar-refractivity contribution in [1.29, 1.82) is 0 Å². The number of allylic oxidation sites excluding steroid dienone is 1. The fraction of sp³-hybridized carbons (Fsp3) is 0.720. The van der Waals surface area contributed by atoms with E-state index in [2.05, 4.69) is 6.58 Å². The molecular formula is C25H32O10. The van der Waals surface area contributed by atoms with E-state index in [-0.39, 0.29) is 25.0 Å². The molecule has 2 aliphatic heterocycles. The van der Waals surface area contributed by atoms with Crippen LogP contribution >= 0.6 is 0 Å². The van der Waals surface area contributed by atoms with Gasteiger partial charge in [0.25, 0.3) is 0 Å². The smallest absolute Gasteiger partial charge is 0.348 e. The summed E-state index contributed by atoms with van der Waals surface area (Å²) in [6, 6.07) is 0. The number of aliphatic hydroxyl groups excluding tert-OH is 2. The highest BCUT2D eigenvalue weighted by Crippen LogP contribution is 2.73. The maximum Gasteiger partial charge on any atom is 0.348 e. The zero-order valence-corrected chi connectivity index (χ0v) is 20.2. The molecule has 2 saturated heterocycles. The number of esters is 2. The average molecular weight is 493 g/mol. The summed E-state index contributed by atoms with van der Waals surface area (Å²) in [5, 5.41) is 44.6. The lowest BCUT2D eigenvalue weighted by molar-refractivity contribution is -0.311. The van der Waals surface area contributed by atoms with Crippen LogP contribution in [0.3, 0.4) is 0 Å². The SMILES string of the molecule is C=C1[C@@H]2[C@@H](OC(=O)[C@@](C)(O)CC)C(=O)O[C@@H]3C[C@H]4C(C)=CC(=O)[C@@H](O)[C@]4(C)C4C23CO[C@]4(O)[C@@H]1O. The Morgan fingerprint density at radius 1 is 1.31 bits per heavy atom. The van der Waals surface area contributed by atoms with Crippen molar-refractivity contribution in [2.45, 2.75) is 76.3 Å². The van der Waals surface area contributed by atoms with Crippen molar-refractivity contribution in [1.82, 2.24) is 0 Å². The van der Waals surface area contributed by atoms with Crippen LogP contribution in [0.4, 0.5) is 0 Å². The second-order valence-electron chi connectivity index (χ2n) is 11.3. The highest BCUT2D eigenvalue weighted by atomic mass is 16.7. The molecule has 11 atom stereocenters. The molecule has 2 heterocycles. The predicted octanol–water partition coefficient (Wildman–Crippen LogP) is -0.231. The van der Waals surface area contributed by atoms with Crippen LogP contribution in [-0.2, 0) is 28.6 Å². The standard InChI is InChI=1S/C25H32O10/c1-6-22(4,31)21(30)35-16-15-11(3)17(27)25(32)20-23(5)12(10(2)7-13(26)18(23)28)8-14(34-19(16)29)24(15,20)9-33-25/h7,12,14-18,20,27-28,31-32H,3,6,8-9H2,1-2,4-5H3/t12-,14+,15+,16+,17+,18+,20?,22-,23+,24?,25+/m0/s1. The first-order valence-electron chi connectivity index (χ1n) is 11.9. The van der Waals surface area contributed by atoms with Gasteiger partial charge in [0.15, 0.2) is 17.2 Å². The average Bonchev–Trinajstić information content (AvgIpc) is 3.08. The normalized spacial score (nSPS) is 49.9. The van der Waals surface area contributed by atoms with Crippen molar-refractivity contribution in [3.05, 3.63) is 23.8 Å². The number of carbonyl (C=O) groups excluding carboxylic acids is 3. The van der Waals surface area contributed by atoms with E-state index in [4.69, 9.17) is 14.2 Å². The van der Waals surface area contributed by atoms with Crippen molar-refractivity contribution in [2.75, 3.05) is 6.61 Å². The minimum absolute atomic E-state index is 0.0285. The first-order chi connectivity index (χ1) is 16.2. The quantitative estimate of drug-likeness (QED) is 0.306. The molecule has 0 radical (unpaired) electrons. The Labute approximate surface area is 202 Å². The van der Waals surface area contributed by atoms with Crippen LogP contribution in [0.25, 0.3) is 0 Å². The van der Waals surface area contributed by atoms with Crippen molar-refractivity contribution < 1.29 is 49.0 Å². The number of ether oxygens (including phenoxy) is 3. The molecule has 4 N–H and O–H groups in total. The topological polar surface area (TPSA) is 160 Å². The van der Waals surface area contributed by atoms with Crippen molar-refractivity contribution in [2.24, 2.45) is 28.6 Å². The van der Waals surface area contributed by atoms with Crippen LogP contribution in [0.5, 0.6) is 0 Å². The summed E-state index contributed by atoms with van der Waals surface area (Å²) in [4.78, 5) is 38.7. The van der Waals surface area contributed by atoms with Gasteiger partial charge in [0.1, 0.15) is 18.3 Å². The van der Waals surface area contributed by atoms with Crippen LogP contribution in [0.2, 0.25) is 0 Å². The number of hydrogen-bond donors (Lipinski definition) is 4. The molecule has 3 aliphatic carbocycles. The summed E-state index contributed by atoms with van der Waals surface area (Å²) in [5.41, 5.74) is -3.70. The number of ketones is 1. The van der Waals surface area contributed by atoms with Crippen LogP contribution < -0.4 is 0 Å². The van der Waals surface area contributed by atoms with E-state index >= 15 is 0 Å². The molecule has 10 heteroatoms. The summed E-state index contributed by atoms with van der Waals surface area (Å²) in [7, 11) is 0. The van der Waals surface area contributed by atoms with Gasteiger partial charge in [-0.25, -0.2) is 9.59 Å². The number of fused-ring (bicyclic) bond motifs is 1. The fourth-order valence-electron chi connectivity index (χ4n) is 7.69. The van der Waals surface area contributed by atoms with Crippen LogP contribution in [0, 0.1) is 28.6 Å². The molecule has 5 aliphatic rings. The molecule has 0 amide bonds. The lowest BCUT2D eigenvalue weighted by Crippen LogP contribution is -2.76. The van der Waals surface area contributed by atoms with E-state index < -0.39 is 82.1 Å². The third kappa shape index (κ3) is 2.74. The van der Waals surface area contributed by atoms with Gasteiger partial charge in [-0.05, 0) is 44.3 Å². The molecule has 2 saturated carbocycles. The maximum atomic E-state index is 13.2. The fourth-order valence-corrected chi connectivity index (χ4v) is 7.69. The van der Waals surface area contributed by atoms with Gasteiger partial charge in [-0.1, -0.05) is 26.0 Å². The van der Waals surface area contributed by atoms with Gasteiger partial charge >= 0.3 is 11.9 Å². The summed E-state index contributed by atoms with van der Waals surface area (Å²) in [6.45, 7) is 10.0. The van der Waals surface area contributed by atoms with Gasteiger partial charge in [0.05, 0.1) is 12.0 Å². The second-order valence-corrected chi connectivity index (χ2v) is 11.3. The van der Waals surface area contributed by atoms with Gasteiger partial charge in [0, 0.05) is 17.3 Å². The van der Waals surface area contributed by atoms with Crippen molar-refractivity contribution in [3.8, 4) is 0 Å². The molecule has 4 fully saturated rings. The minimum atomic E-state index is -2.22. The first kappa shape index (κ1) is 24.6. The zero-order valence-electron chi connectivity index (χ0n) is 20.2. The highest BCUT2D eigenvalue weighted by molar-refractivity contribution is 5.96. The summed E-state index contributed by atoms with van der Waals surface area (Å²) in [5.74, 6) is -7.21. The zero-order chi connectivity index (χ0) is 25.9.